The Morgan fingerprint density at radius 1 is 1.38 bits per heavy atom. The summed E-state index contributed by atoms with van der Waals surface area (Å²) in [6.07, 6.45) is 4.99. The molecule has 1 atom stereocenters. The normalized spacial score (nSPS) is 14.2. The number of aliphatic hydroxyl groups is 1. The standard InChI is InChI=1S/C11H24OSi/c1-5-7-11(12)8-10-13(3,4)9-6-2/h6,11-12H,2,5,7-10H2,1,3-4H3. The lowest BCUT2D eigenvalue weighted by Crippen LogP contribution is -2.25. The Bertz CT molecular complexity index is 143. The van der Waals surface area contributed by atoms with Gasteiger partial charge in [-0.05, 0) is 18.9 Å². The van der Waals surface area contributed by atoms with E-state index in [1.807, 2.05) is 6.08 Å². The summed E-state index contributed by atoms with van der Waals surface area (Å²) in [6.45, 7) is 10.6. The van der Waals surface area contributed by atoms with Gasteiger partial charge in [-0.3, -0.25) is 0 Å². The van der Waals surface area contributed by atoms with Crippen LogP contribution in [0.2, 0.25) is 25.2 Å². The molecule has 0 aliphatic heterocycles. The first-order valence-electron chi connectivity index (χ1n) is 5.31. The van der Waals surface area contributed by atoms with E-state index in [0.29, 0.717) is 0 Å². The van der Waals surface area contributed by atoms with Gasteiger partial charge in [0.2, 0.25) is 0 Å². The van der Waals surface area contributed by atoms with Gasteiger partial charge in [0.05, 0.1) is 14.2 Å². The van der Waals surface area contributed by atoms with Gasteiger partial charge >= 0.3 is 0 Å². The predicted octanol–water partition coefficient (Wildman–Crippen LogP) is 3.43. The molecule has 0 aromatic rings. The lowest BCUT2D eigenvalue weighted by molar-refractivity contribution is 0.159. The number of aliphatic hydroxyl groups excluding tert-OH is 1. The van der Waals surface area contributed by atoms with Crippen LogP contribution in [0.4, 0.5) is 0 Å². The Labute approximate surface area is 83.9 Å². The summed E-state index contributed by atoms with van der Waals surface area (Å²) >= 11 is 0. The third-order valence-corrected chi connectivity index (χ3v) is 5.51. The molecule has 0 saturated carbocycles. The quantitative estimate of drug-likeness (QED) is 0.493. The van der Waals surface area contributed by atoms with Crippen LogP contribution in [-0.4, -0.2) is 19.3 Å². The second-order valence-corrected chi connectivity index (χ2v) is 9.87. The molecule has 78 valence electrons. The molecule has 0 bridgehead atoms. The number of rotatable bonds is 7. The fourth-order valence-corrected chi connectivity index (χ4v) is 3.63. The van der Waals surface area contributed by atoms with Gasteiger partial charge in [-0.1, -0.05) is 38.6 Å². The number of hydrogen-bond acceptors (Lipinski definition) is 1. The second kappa shape index (κ2) is 6.38. The highest BCUT2D eigenvalue weighted by Gasteiger charge is 2.19. The van der Waals surface area contributed by atoms with Crippen molar-refractivity contribution in [1.82, 2.24) is 0 Å². The third-order valence-electron chi connectivity index (χ3n) is 2.47. The largest absolute Gasteiger partial charge is 0.393 e. The minimum atomic E-state index is -1.07. The zero-order chi connectivity index (χ0) is 10.3. The van der Waals surface area contributed by atoms with E-state index in [2.05, 4.69) is 26.6 Å². The lowest BCUT2D eigenvalue weighted by Gasteiger charge is -2.21. The maximum Gasteiger partial charge on any atom is 0.0537 e. The molecule has 13 heavy (non-hydrogen) atoms. The highest BCUT2D eigenvalue weighted by molar-refractivity contribution is 6.77. The van der Waals surface area contributed by atoms with Crippen LogP contribution < -0.4 is 0 Å². The molecule has 1 nitrogen and oxygen atoms in total. The fourth-order valence-electron chi connectivity index (χ4n) is 1.53. The Morgan fingerprint density at radius 3 is 2.46 bits per heavy atom. The summed E-state index contributed by atoms with van der Waals surface area (Å²) in [5.41, 5.74) is 0. The van der Waals surface area contributed by atoms with Crippen LogP contribution in [0.5, 0.6) is 0 Å². The molecular weight excluding hydrogens is 176 g/mol. The summed E-state index contributed by atoms with van der Waals surface area (Å²) in [5.74, 6) is 0. The van der Waals surface area contributed by atoms with Gasteiger partial charge < -0.3 is 5.11 Å². The first-order chi connectivity index (χ1) is 6.02. The molecule has 0 saturated heterocycles. The van der Waals surface area contributed by atoms with Crippen LogP contribution in [0.3, 0.4) is 0 Å². The molecule has 2 heteroatoms. The zero-order valence-corrected chi connectivity index (χ0v) is 10.3. The maximum atomic E-state index is 9.58. The molecule has 0 aromatic heterocycles. The maximum absolute atomic E-state index is 9.58. The molecule has 0 aliphatic carbocycles. The summed E-state index contributed by atoms with van der Waals surface area (Å²) in [4.78, 5) is 0. The van der Waals surface area contributed by atoms with Gasteiger partial charge in [0, 0.05) is 0 Å². The van der Waals surface area contributed by atoms with Crippen molar-refractivity contribution < 1.29 is 5.11 Å². The Kier molecular flexibility index (Phi) is 6.34. The average Bonchev–Trinajstić information content (AvgIpc) is 2.02. The molecule has 0 heterocycles. The smallest absolute Gasteiger partial charge is 0.0537 e. The van der Waals surface area contributed by atoms with Crippen molar-refractivity contribution >= 4 is 8.07 Å². The van der Waals surface area contributed by atoms with Crippen molar-refractivity contribution in [1.29, 1.82) is 0 Å². The van der Waals surface area contributed by atoms with E-state index in [9.17, 15) is 5.11 Å². The minimum absolute atomic E-state index is 0.0680. The van der Waals surface area contributed by atoms with Crippen molar-refractivity contribution in [2.45, 2.75) is 57.5 Å². The molecule has 1 N–H and O–H groups in total. The lowest BCUT2D eigenvalue weighted by atomic mass is 10.2. The fraction of sp³-hybridized carbons (Fsp3) is 0.818. The van der Waals surface area contributed by atoms with E-state index in [1.54, 1.807) is 0 Å². The molecule has 0 fully saturated rings. The number of hydrogen-bond donors (Lipinski definition) is 1. The van der Waals surface area contributed by atoms with Crippen molar-refractivity contribution in [3.8, 4) is 0 Å². The molecule has 0 aliphatic rings. The van der Waals surface area contributed by atoms with Gasteiger partial charge in [-0.2, -0.15) is 0 Å². The van der Waals surface area contributed by atoms with Gasteiger partial charge in [0.15, 0.2) is 0 Å². The van der Waals surface area contributed by atoms with Gasteiger partial charge in [-0.25, -0.2) is 0 Å². The topological polar surface area (TPSA) is 20.2 Å². The van der Waals surface area contributed by atoms with Crippen LogP contribution >= 0.6 is 0 Å². The molecule has 0 rings (SSSR count). The summed E-state index contributed by atoms with van der Waals surface area (Å²) < 4.78 is 0. The number of allylic oxidation sites excluding steroid dienone is 1. The second-order valence-electron chi connectivity index (χ2n) is 4.64. The predicted molar refractivity (Wildman–Crippen MR) is 62.8 cm³/mol. The van der Waals surface area contributed by atoms with Crippen molar-refractivity contribution in [2.75, 3.05) is 0 Å². The summed E-state index contributed by atoms with van der Waals surface area (Å²) in [5, 5.41) is 9.58. The van der Waals surface area contributed by atoms with E-state index in [4.69, 9.17) is 0 Å². The van der Waals surface area contributed by atoms with Crippen molar-refractivity contribution in [3.05, 3.63) is 12.7 Å². The van der Waals surface area contributed by atoms with Crippen LogP contribution in [0.1, 0.15) is 26.2 Å². The first kappa shape index (κ1) is 12.9. The van der Waals surface area contributed by atoms with E-state index in [1.165, 1.54) is 12.1 Å². The van der Waals surface area contributed by atoms with Gasteiger partial charge in [0.25, 0.3) is 0 Å². The Morgan fingerprint density at radius 2 is 2.00 bits per heavy atom. The van der Waals surface area contributed by atoms with Crippen LogP contribution in [0.25, 0.3) is 0 Å². The SMILES string of the molecule is C=CC[Si](C)(C)CCC(O)CCC. The van der Waals surface area contributed by atoms with E-state index in [0.717, 1.165) is 19.3 Å². The molecule has 0 spiro atoms. The van der Waals surface area contributed by atoms with Crippen LogP contribution in [-0.2, 0) is 0 Å². The Hall–Kier alpha value is -0.0831. The van der Waals surface area contributed by atoms with Gasteiger partial charge in [-0.15, -0.1) is 6.58 Å². The summed E-state index contributed by atoms with van der Waals surface area (Å²) in [6, 6.07) is 2.39. The molecule has 0 amide bonds. The molecular formula is C11H24OSi. The Balaban J connectivity index is 3.66. The van der Waals surface area contributed by atoms with Crippen molar-refractivity contribution in [2.24, 2.45) is 0 Å². The third kappa shape index (κ3) is 7.02. The molecule has 1 unspecified atom stereocenters. The average molecular weight is 200 g/mol. The van der Waals surface area contributed by atoms with Crippen LogP contribution in [0.15, 0.2) is 12.7 Å². The minimum Gasteiger partial charge on any atom is -0.393 e. The van der Waals surface area contributed by atoms with Crippen molar-refractivity contribution in [3.63, 3.8) is 0 Å². The first-order valence-corrected chi connectivity index (χ1v) is 8.72. The highest BCUT2D eigenvalue weighted by atomic mass is 28.3. The zero-order valence-electron chi connectivity index (χ0n) is 9.34. The van der Waals surface area contributed by atoms with Gasteiger partial charge in [0.1, 0.15) is 0 Å². The molecule has 0 aromatic carbocycles. The highest BCUT2D eigenvalue weighted by Crippen LogP contribution is 2.19. The summed E-state index contributed by atoms with van der Waals surface area (Å²) in [7, 11) is -1.07. The van der Waals surface area contributed by atoms with E-state index in [-0.39, 0.29) is 6.10 Å². The van der Waals surface area contributed by atoms with E-state index >= 15 is 0 Å². The van der Waals surface area contributed by atoms with Crippen LogP contribution in [0, 0.1) is 0 Å². The molecule has 0 radical (unpaired) electrons. The van der Waals surface area contributed by atoms with E-state index < -0.39 is 8.07 Å². The monoisotopic (exact) mass is 200 g/mol.